The van der Waals surface area contributed by atoms with Crippen molar-refractivity contribution >= 4 is 11.9 Å². The van der Waals surface area contributed by atoms with Gasteiger partial charge in [-0.1, -0.05) is 26.2 Å². The molecule has 0 spiro atoms. The van der Waals surface area contributed by atoms with Crippen LogP contribution in [-0.2, 0) is 14.3 Å². The van der Waals surface area contributed by atoms with Crippen LogP contribution in [0.25, 0.3) is 0 Å². The van der Waals surface area contributed by atoms with Crippen molar-refractivity contribution in [2.24, 2.45) is 0 Å². The molecule has 2 aliphatic rings. The summed E-state index contributed by atoms with van der Waals surface area (Å²) >= 11 is 0. The number of carbonyl (C=O) groups excluding carboxylic acids is 1. The van der Waals surface area contributed by atoms with Gasteiger partial charge in [0.2, 0.25) is 0 Å². The lowest BCUT2D eigenvalue weighted by Crippen LogP contribution is -2.47. The average Bonchev–Trinajstić information content (AvgIpc) is 2.94. The molecule has 1 aliphatic carbocycles. The zero-order valence-electron chi connectivity index (χ0n) is 12.2. The maximum absolute atomic E-state index is 12.5. The summed E-state index contributed by atoms with van der Waals surface area (Å²) in [5.74, 6) is -1.04. The highest BCUT2D eigenvalue weighted by atomic mass is 16.5. The van der Waals surface area contributed by atoms with Crippen LogP contribution in [0.3, 0.4) is 0 Å². The maximum atomic E-state index is 12.5. The topological polar surface area (TPSA) is 66.8 Å². The summed E-state index contributed by atoms with van der Waals surface area (Å²) in [6.45, 7) is 2.47. The Labute approximate surface area is 120 Å². The van der Waals surface area contributed by atoms with Crippen LogP contribution in [0.4, 0.5) is 0 Å². The lowest BCUT2D eigenvalue weighted by molar-refractivity contribution is -0.157. The average molecular weight is 283 g/mol. The number of carboxylic acid groups (broad SMARTS) is 1. The number of nitrogens with zero attached hydrogens (tertiary/aromatic N) is 1. The summed E-state index contributed by atoms with van der Waals surface area (Å²) in [7, 11) is 0. The molecule has 0 aromatic rings. The minimum Gasteiger partial charge on any atom is -0.480 e. The van der Waals surface area contributed by atoms with Gasteiger partial charge in [-0.3, -0.25) is 4.79 Å². The number of hydrogen-bond acceptors (Lipinski definition) is 3. The molecule has 114 valence electrons. The minimum atomic E-state index is -0.900. The Morgan fingerprint density at radius 1 is 1.20 bits per heavy atom. The van der Waals surface area contributed by atoms with Crippen molar-refractivity contribution in [1.82, 2.24) is 4.90 Å². The monoisotopic (exact) mass is 283 g/mol. The fraction of sp³-hybridized carbons (Fsp3) is 0.867. The Balaban J connectivity index is 1.95. The standard InChI is InChI=1S/C15H25NO4/c1-2-13(20-11-7-4-3-5-8-11)14(17)16-10-6-9-12(16)15(18)19/h11-13H,2-10H2,1H3,(H,18,19)/t12-,13?/m1/s1. The van der Waals surface area contributed by atoms with Gasteiger partial charge >= 0.3 is 5.97 Å². The van der Waals surface area contributed by atoms with Crippen LogP contribution in [0.1, 0.15) is 58.3 Å². The van der Waals surface area contributed by atoms with E-state index < -0.39 is 18.1 Å². The number of aliphatic carboxylic acids is 1. The molecule has 0 radical (unpaired) electrons. The Bertz CT molecular complexity index is 352. The first-order valence-corrected chi connectivity index (χ1v) is 7.82. The summed E-state index contributed by atoms with van der Waals surface area (Å²) < 4.78 is 5.96. The summed E-state index contributed by atoms with van der Waals surface area (Å²) in [5.41, 5.74) is 0. The summed E-state index contributed by atoms with van der Waals surface area (Å²) in [5, 5.41) is 9.17. The lowest BCUT2D eigenvalue weighted by atomic mass is 9.97. The van der Waals surface area contributed by atoms with Crippen molar-refractivity contribution < 1.29 is 19.4 Å². The number of hydrogen-bond donors (Lipinski definition) is 1. The molecule has 1 saturated heterocycles. The first kappa shape index (κ1) is 15.3. The van der Waals surface area contributed by atoms with Crippen LogP contribution >= 0.6 is 0 Å². The predicted molar refractivity (Wildman–Crippen MR) is 74.4 cm³/mol. The summed E-state index contributed by atoms with van der Waals surface area (Å²) in [6, 6.07) is -0.661. The molecule has 2 atom stereocenters. The molecule has 1 N–H and O–H groups in total. The molecule has 1 aliphatic heterocycles. The van der Waals surface area contributed by atoms with Gasteiger partial charge in [0, 0.05) is 6.54 Å². The fourth-order valence-electron chi connectivity index (χ4n) is 3.23. The minimum absolute atomic E-state index is 0.136. The van der Waals surface area contributed by atoms with Gasteiger partial charge in [0.05, 0.1) is 6.10 Å². The van der Waals surface area contributed by atoms with Crippen LogP contribution in [0.5, 0.6) is 0 Å². The molecule has 2 rings (SSSR count). The third-order valence-electron chi connectivity index (χ3n) is 4.38. The fourth-order valence-corrected chi connectivity index (χ4v) is 3.23. The first-order valence-electron chi connectivity index (χ1n) is 7.82. The molecule has 1 amide bonds. The normalized spacial score (nSPS) is 25.6. The predicted octanol–water partition coefficient (Wildman–Crippen LogP) is 2.19. The molecule has 1 heterocycles. The number of carbonyl (C=O) groups is 2. The largest absolute Gasteiger partial charge is 0.480 e. The molecule has 20 heavy (non-hydrogen) atoms. The summed E-state index contributed by atoms with van der Waals surface area (Å²) in [6.07, 6.45) is 7.24. The van der Waals surface area contributed by atoms with Crippen molar-refractivity contribution in [3.05, 3.63) is 0 Å². The van der Waals surface area contributed by atoms with Crippen LogP contribution in [0.15, 0.2) is 0 Å². The highest BCUT2D eigenvalue weighted by Crippen LogP contribution is 2.25. The van der Waals surface area contributed by atoms with Gasteiger partial charge in [-0.25, -0.2) is 4.79 Å². The van der Waals surface area contributed by atoms with E-state index in [1.54, 1.807) is 0 Å². The van der Waals surface area contributed by atoms with E-state index in [0.29, 0.717) is 19.4 Å². The van der Waals surface area contributed by atoms with E-state index in [1.807, 2.05) is 6.92 Å². The molecule has 5 nitrogen and oxygen atoms in total. The van der Waals surface area contributed by atoms with Crippen molar-refractivity contribution in [1.29, 1.82) is 0 Å². The second-order valence-corrected chi connectivity index (χ2v) is 5.82. The molecule has 1 unspecified atom stereocenters. The van der Waals surface area contributed by atoms with Crippen molar-refractivity contribution in [2.45, 2.75) is 76.5 Å². The highest BCUT2D eigenvalue weighted by Gasteiger charge is 2.37. The van der Waals surface area contributed by atoms with E-state index in [1.165, 1.54) is 11.3 Å². The van der Waals surface area contributed by atoms with E-state index in [0.717, 1.165) is 32.1 Å². The van der Waals surface area contributed by atoms with Crippen molar-refractivity contribution in [3.8, 4) is 0 Å². The van der Waals surface area contributed by atoms with Crippen molar-refractivity contribution in [3.63, 3.8) is 0 Å². The third-order valence-corrected chi connectivity index (χ3v) is 4.38. The van der Waals surface area contributed by atoms with E-state index in [4.69, 9.17) is 4.74 Å². The number of ether oxygens (including phenoxy) is 1. The molecule has 5 heteroatoms. The second kappa shape index (κ2) is 7.07. The SMILES string of the molecule is CCC(OC1CCCCC1)C(=O)N1CCC[C@@H]1C(=O)O. The number of carboxylic acids is 1. The van der Waals surface area contributed by atoms with Crippen molar-refractivity contribution in [2.75, 3.05) is 6.54 Å². The Kier molecular flexibility index (Phi) is 5.40. The molecular weight excluding hydrogens is 258 g/mol. The zero-order chi connectivity index (χ0) is 14.5. The van der Waals surface area contributed by atoms with Crippen LogP contribution in [0, 0.1) is 0 Å². The first-order chi connectivity index (χ1) is 9.63. The van der Waals surface area contributed by atoms with Gasteiger partial charge in [-0.2, -0.15) is 0 Å². The Hall–Kier alpha value is -1.10. The van der Waals surface area contributed by atoms with Gasteiger partial charge in [0.1, 0.15) is 12.1 Å². The Morgan fingerprint density at radius 3 is 2.50 bits per heavy atom. The van der Waals surface area contributed by atoms with Crippen LogP contribution in [-0.4, -0.2) is 46.7 Å². The zero-order valence-corrected chi connectivity index (χ0v) is 12.2. The van der Waals surface area contributed by atoms with E-state index in [9.17, 15) is 14.7 Å². The third kappa shape index (κ3) is 3.51. The molecule has 0 aromatic heterocycles. The molecule has 0 aromatic carbocycles. The molecule has 2 fully saturated rings. The lowest BCUT2D eigenvalue weighted by Gasteiger charge is -2.30. The number of rotatable bonds is 5. The van der Waals surface area contributed by atoms with Crippen LogP contribution < -0.4 is 0 Å². The Morgan fingerprint density at radius 2 is 1.90 bits per heavy atom. The van der Waals surface area contributed by atoms with E-state index >= 15 is 0 Å². The molecule has 1 saturated carbocycles. The highest BCUT2D eigenvalue weighted by molar-refractivity contribution is 5.87. The van der Waals surface area contributed by atoms with Gasteiger partial charge in [0.15, 0.2) is 0 Å². The molecular formula is C15H25NO4. The van der Waals surface area contributed by atoms with E-state index in [2.05, 4.69) is 0 Å². The summed E-state index contributed by atoms with van der Waals surface area (Å²) in [4.78, 5) is 25.2. The van der Waals surface area contributed by atoms with Gasteiger partial charge in [-0.05, 0) is 32.1 Å². The second-order valence-electron chi connectivity index (χ2n) is 5.82. The smallest absolute Gasteiger partial charge is 0.326 e. The van der Waals surface area contributed by atoms with Gasteiger partial charge < -0.3 is 14.7 Å². The maximum Gasteiger partial charge on any atom is 0.326 e. The number of amides is 1. The van der Waals surface area contributed by atoms with Gasteiger partial charge in [-0.15, -0.1) is 0 Å². The quantitative estimate of drug-likeness (QED) is 0.840. The van der Waals surface area contributed by atoms with Crippen LogP contribution in [0.2, 0.25) is 0 Å². The van der Waals surface area contributed by atoms with Gasteiger partial charge in [0.25, 0.3) is 5.91 Å². The molecule has 0 bridgehead atoms. The van der Waals surface area contributed by atoms with E-state index in [-0.39, 0.29) is 12.0 Å². The number of likely N-dealkylation sites (tertiary alicyclic amines) is 1.